The van der Waals surface area contributed by atoms with Crippen LogP contribution in [-0.2, 0) is 12.8 Å². The molecule has 0 unspecified atom stereocenters. The summed E-state index contributed by atoms with van der Waals surface area (Å²) in [6, 6.07) is 5.69. The third-order valence-corrected chi connectivity index (χ3v) is 4.87. The van der Waals surface area contributed by atoms with Crippen LogP contribution >= 0.6 is 11.3 Å². The zero-order valence-electron chi connectivity index (χ0n) is 11.9. The van der Waals surface area contributed by atoms with Crippen molar-refractivity contribution >= 4 is 23.5 Å². The number of pyridine rings is 1. The predicted octanol–water partition coefficient (Wildman–Crippen LogP) is 3.03. The summed E-state index contributed by atoms with van der Waals surface area (Å²) in [5, 5.41) is 3.99. The zero-order valence-corrected chi connectivity index (χ0v) is 12.7. The van der Waals surface area contributed by atoms with Gasteiger partial charge in [-0.25, -0.2) is 5.43 Å². The predicted molar refractivity (Wildman–Crippen MR) is 84.8 cm³/mol. The summed E-state index contributed by atoms with van der Waals surface area (Å²) in [5.41, 5.74) is 4.83. The standard InChI is InChI=1S/C16H17N3OS/c1-11-2-3-14-13(8-11)9-15(21-14)16(20)19-18-10-12-4-6-17-7-5-12/h4-7,9-11H,2-3,8H2,1H3,(H,19,20)/b18-10-/t11-/m0/s1. The summed E-state index contributed by atoms with van der Waals surface area (Å²) in [7, 11) is 0. The van der Waals surface area contributed by atoms with Crippen molar-refractivity contribution in [1.29, 1.82) is 0 Å². The van der Waals surface area contributed by atoms with Crippen LogP contribution in [0.15, 0.2) is 35.7 Å². The molecule has 5 heteroatoms. The molecule has 1 amide bonds. The van der Waals surface area contributed by atoms with Gasteiger partial charge in [0.2, 0.25) is 0 Å². The average molecular weight is 299 g/mol. The monoisotopic (exact) mass is 299 g/mol. The van der Waals surface area contributed by atoms with Gasteiger partial charge in [0.1, 0.15) is 0 Å². The second-order valence-corrected chi connectivity index (χ2v) is 6.52. The smallest absolute Gasteiger partial charge is 0.266 e. The number of carbonyl (C=O) groups excluding carboxylic acids is 1. The molecular formula is C16H17N3OS. The van der Waals surface area contributed by atoms with Gasteiger partial charge in [-0.1, -0.05) is 6.92 Å². The third-order valence-electron chi connectivity index (χ3n) is 3.64. The Morgan fingerprint density at radius 2 is 2.29 bits per heavy atom. The van der Waals surface area contributed by atoms with Gasteiger partial charge < -0.3 is 0 Å². The number of nitrogens with zero attached hydrogens (tertiary/aromatic N) is 2. The van der Waals surface area contributed by atoms with E-state index in [1.54, 1.807) is 29.9 Å². The average Bonchev–Trinajstić information content (AvgIpc) is 2.91. The quantitative estimate of drug-likeness (QED) is 0.699. The number of hydrazone groups is 1. The van der Waals surface area contributed by atoms with Crippen LogP contribution in [0.5, 0.6) is 0 Å². The lowest BCUT2D eigenvalue weighted by molar-refractivity contribution is 0.0959. The highest BCUT2D eigenvalue weighted by molar-refractivity contribution is 7.14. The minimum absolute atomic E-state index is 0.132. The molecule has 1 atom stereocenters. The molecule has 0 aromatic carbocycles. The van der Waals surface area contributed by atoms with Crippen LogP contribution < -0.4 is 5.43 Å². The SMILES string of the molecule is C[C@H]1CCc2sc(C(=O)N/N=C\c3ccncc3)cc2C1. The summed E-state index contributed by atoms with van der Waals surface area (Å²) in [6.07, 6.45) is 8.40. The lowest BCUT2D eigenvalue weighted by atomic mass is 9.90. The summed E-state index contributed by atoms with van der Waals surface area (Å²) in [5.74, 6) is 0.583. The molecule has 2 aromatic rings. The first-order valence-electron chi connectivity index (χ1n) is 7.07. The Hall–Kier alpha value is -2.01. The lowest BCUT2D eigenvalue weighted by Crippen LogP contribution is -2.16. The molecule has 21 heavy (non-hydrogen) atoms. The van der Waals surface area contributed by atoms with Gasteiger partial charge in [0.05, 0.1) is 11.1 Å². The molecule has 2 heterocycles. The number of aromatic nitrogens is 1. The fourth-order valence-electron chi connectivity index (χ4n) is 2.49. The molecule has 0 bridgehead atoms. The highest BCUT2D eigenvalue weighted by atomic mass is 32.1. The van der Waals surface area contributed by atoms with Crippen molar-refractivity contribution in [3.63, 3.8) is 0 Å². The summed E-state index contributed by atoms with van der Waals surface area (Å²) in [4.78, 5) is 18.1. The molecule has 0 fully saturated rings. The Kier molecular flexibility index (Phi) is 4.10. The Balaban J connectivity index is 1.65. The van der Waals surface area contributed by atoms with E-state index in [0.717, 1.165) is 23.3 Å². The molecule has 3 rings (SSSR count). The number of rotatable bonds is 3. The van der Waals surface area contributed by atoms with E-state index in [0.29, 0.717) is 5.92 Å². The van der Waals surface area contributed by atoms with E-state index in [4.69, 9.17) is 0 Å². The number of fused-ring (bicyclic) bond motifs is 1. The number of thiophene rings is 1. The van der Waals surface area contributed by atoms with E-state index in [1.165, 1.54) is 16.9 Å². The van der Waals surface area contributed by atoms with Gasteiger partial charge in [0.25, 0.3) is 5.91 Å². The van der Waals surface area contributed by atoms with Crippen molar-refractivity contribution < 1.29 is 4.79 Å². The molecule has 0 aliphatic heterocycles. The maximum absolute atomic E-state index is 12.1. The molecular weight excluding hydrogens is 282 g/mol. The normalized spacial score (nSPS) is 17.7. The summed E-state index contributed by atoms with van der Waals surface area (Å²) in [6.45, 7) is 2.26. The van der Waals surface area contributed by atoms with Crippen LogP contribution in [-0.4, -0.2) is 17.1 Å². The van der Waals surface area contributed by atoms with E-state index in [9.17, 15) is 4.79 Å². The van der Waals surface area contributed by atoms with E-state index < -0.39 is 0 Å². The topological polar surface area (TPSA) is 54.4 Å². The number of carbonyl (C=O) groups is 1. The van der Waals surface area contributed by atoms with Crippen molar-refractivity contribution in [2.24, 2.45) is 11.0 Å². The number of hydrogen-bond acceptors (Lipinski definition) is 4. The second kappa shape index (κ2) is 6.18. The van der Waals surface area contributed by atoms with Crippen LogP contribution in [0.1, 0.15) is 39.0 Å². The molecule has 1 aliphatic carbocycles. The first-order chi connectivity index (χ1) is 10.2. The molecule has 0 spiro atoms. The van der Waals surface area contributed by atoms with Gasteiger partial charge in [-0.3, -0.25) is 9.78 Å². The summed E-state index contributed by atoms with van der Waals surface area (Å²) >= 11 is 1.60. The fraction of sp³-hybridized carbons (Fsp3) is 0.312. The van der Waals surface area contributed by atoms with Crippen molar-refractivity contribution in [3.8, 4) is 0 Å². The number of nitrogens with one attached hydrogen (secondary N) is 1. The minimum atomic E-state index is -0.132. The number of hydrogen-bond donors (Lipinski definition) is 1. The first-order valence-corrected chi connectivity index (χ1v) is 7.89. The van der Waals surface area contributed by atoms with Crippen LogP contribution in [0.4, 0.5) is 0 Å². The van der Waals surface area contributed by atoms with Crippen molar-refractivity contribution in [2.75, 3.05) is 0 Å². The van der Waals surface area contributed by atoms with Gasteiger partial charge in [-0.05, 0) is 54.5 Å². The molecule has 0 saturated carbocycles. The first kappa shape index (κ1) is 13.9. The molecule has 1 aliphatic rings. The van der Waals surface area contributed by atoms with E-state index in [2.05, 4.69) is 22.4 Å². The summed E-state index contributed by atoms with van der Waals surface area (Å²) < 4.78 is 0. The molecule has 0 radical (unpaired) electrons. The molecule has 4 nitrogen and oxygen atoms in total. The number of amides is 1. The molecule has 1 N–H and O–H groups in total. The highest BCUT2D eigenvalue weighted by Gasteiger charge is 2.20. The Labute approximate surface area is 127 Å². The van der Waals surface area contributed by atoms with Gasteiger partial charge in [0, 0.05) is 17.3 Å². The highest BCUT2D eigenvalue weighted by Crippen LogP contribution is 2.32. The maximum atomic E-state index is 12.1. The Morgan fingerprint density at radius 1 is 1.48 bits per heavy atom. The molecule has 0 saturated heterocycles. The van der Waals surface area contributed by atoms with Crippen LogP contribution in [0, 0.1) is 5.92 Å². The van der Waals surface area contributed by atoms with Gasteiger partial charge in [-0.15, -0.1) is 11.3 Å². The van der Waals surface area contributed by atoms with Crippen LogP contribution in [0.3, 0.4) is 0 Å². The van der Waals surface area contributed by atoms with Crippen molar-refractivity contribution in [1.82, 2.24) is 10.4 Å². The van der Waals surface area contributed by atoms with Crippen molar-refractivity contribution in [3.05, 3.63) is 51.5 Å². The molecule has 2 aromatic heterocycles. The van der Waals surface area contributed by atoms with E-state index >= 15 is 0 Å². The van der Waals surface area contributed by atoms with Crippen LogP contribution in [0.2, 0.25) is 0 Å². The van der Waals surface area contributed by atoms with Gasteiger partial charge >= 0.3 is 0 Å². The van der Waals surface area contributed by atoms with E-state index in [-0.39, 0.29) is 5.91 Å². The van der Waals surface area contributed by atoms with Crippen molar-refractivity contribution in [2.45, 2.75) is 26.2 Å². The zero-order chi connectivity index (χ0) is 14.7. The van der Waals surface area contributed by atoms with Gasteiger partial charge in [0.15, 0.2) is 0 Å². The van der Waals surface area contributed by atoms with Crippen LogP contribution in [0.25, 0.3) is 0 Å². The number of aryl methyl sites for hydroxylation is 1. The maximum Gasteiger partial charge on any atom is 0.281 e. The fourth-order valence-corrected chi connectivity index (χ4v) is 3.59. The Morgan fingerprint density at radius 3 is 3.10 bits per heavy atom. The van der Waals surface area contributed by atoms with Gasteiger partial charge in [-0.2, -0.15) is 5.10 Å². The lowest BCUT2D eigenvalue weighted by Gasteiger charge is -2.16. The largest absolute Gasteiger partial charge is 0.281 e. The second-order valence-electron chi connectivity index (χ2n) is 5.39. The minimum Gasteiger partial charge on any atom is -0.266 e. The Bertz CT molecular complexity index is 663. The third kappa shape index (κ3) is 3.36. The molecule has 108 valence electrons. The van der Waals surface area contributed by atoms with E-state index in [1.807, 2.05) is 18.2 Å².